The van der Waals surface area contributed by atoms with Gasteiger partial charge in [0.1, 0.15) is 5.76 Å². The molecule has 1 N–H and O–H groups in total. The maximum atomic E-state index is 13.5. The van der Waals surface area contributed by atoms with Crippen LogP contribution in [0, 0.1) is 6.92 Å². The number of nitrogens with one attached hydrogen (secondary N) is 1. The molecule has 0 unspecified atom stereocenters. The Bertz CT molecular complexity index is 1100. The van der Waals surface area contributed by atoms with Gasteiger partial charge in [0.15, 0.2) is 0 Å². The lowest BCUT2D eigenvalue weighted by molar-refractivity contribution is -0.116. The lowest BCUT2D eigenvalue weighted by Gasteiger charge is -2.25. The van der Waals surface area contributed by atoms with Crippen LogP contribution in [0.4, 0.5) is 11.4 Å². The van der Waals surface area contributed by atoms with Gasteiger partial charge in [-0.15, -0.1) is 0 Å². The first-order chi connectivity index (χ1) is 13.4. The molecule has 144 valence electrons. The van der Waals surface area contributed by atoms with Crippen molar-refractivity contribution in [3.05, 3.63) is 77.7 Å². The number of carbonyl (C=O) groups excluding carboxylic acids is 1. The molecule has 7 heteroatoms. The number of furan rings is 1. The molecule has 0 bridgehead atoms. The molecule has 1 aliphatic heterocycles. The summed E-state index contributed by atoms with van der Waals surface area (Å²) >= 11 is 0. The Balaban J connectivity index is 1.76. The van der Waals surface area contributed by atoms with E-state index in [9.17, 15) is 13.2 Å². The predicted octanol–water partition coefficient (Wildman–Crippen LogP) is 3.87. The second kappa shape index (κ2) is 7.16. The fraction of sp³-hybridized carbons (Fsp3) is 0.190. The molecule has 0 atom stereocenters. The van der Waals surface area contributed by atoms with Crippen molar-refractivity contribution in [1.82, 2.24) is 0 Å². The van der Waals surface area contributed by atoms with E-state index < -0.39 is 10.0 Å². The van der Waals surface area contributed by atoms with Crippen LogP contribution in [-0.2, 0) is 27.8 Å². The third-order valence-corrected chi connectivity index (χ3v) is 6.53. The van der Waals surface area contributed by atoms with Crippen molar-refractivity contribution in [2.45, 2.75) is 31.2 Å². The van der Waals surface area contributed by atoms with Crippen LogP contribution in [0.25, 0.3) is 0 Å². The van der Waals surface area contributed by atoms with E-state index in [0.717, 1.165) is 11.1 Å². The number of nitrogens with zero attached hydrogens (tertiary/aromatic N) is 1. The number of aryl methyl sites for hydroxylation is 2. The Morgan fingerprint density at radius 3 is 2.57 bits per heavy atom. The molecule has 0 spiro atoms. The van der Waals surface area contributed by atoms with Gasteiger partial charge in [-0.2, -0.15) is 0 Å². The van der Waals surface area contributed by atoms with Crippen LogP contribution in [0.15, 0.2) is 70.2 Å². The van der Waals surface area contributed by atoms with Gasteiger partial charge < -0.3 is 9.73 Å². The normalized spacial score (nSPS) is 13.7. The van der Waals surface area contributed by atoms with Crippen LogP contribution < -0.4 is 9.62 Å². The minimum absolute atomic E-state index is 0.0535. The van der Waals surface area contributed by atoms with Crippen LogP contribution in [0.2, 0.25) is 0 Å². The maximum Gasteiger partial charge on any atom is 0.264 e. The number of carbonyl (C=O) groups is 1. The topological polar surface area (TPSA) is 79.6 Å². The second-order valence-corrected chi connectivity index (χ2v) is 8.66. The van der Waals surface area contributed by atoms with E-state index in [0.29, 0.717) is 30.0 Å². The molecule has 28 heavy (non-hydrogen) atoms. The van der Waals surface area contributed by atoms with Gasteiger partial charge in [-0.3, -0.25) is 9.10 Å². The number of sulfonamides is 1. The van der Waals surface area contributed by atoms with Crippen LogP contribution in [-0.4, -0.2) is 14.3 Å². The Labute approximate surface area is 163 Å². The minimum Gasteiger partial charge on any atom is -0.467 e. The van der Waals surface area contributed by atoms with Gasteiger partial charge in [0, 0.05) is 12.1 Å². The summed E-state index contributed by atoms with van der Waals surface area (Å²) in [5, 5.41) is 2.78. The number of fused-ring (bicyclic) bond motifs is 1. The summed E-state index contributed by atoms with van der Waals surface area (Å²) in [7, 11) is -3.83. The SMILES string of the molecule is Cc1ccc(N(Cc2ccco2)S(=O)(=O)c2ccc3c(c2)CCC(=O)N3)cc1. The second-order valence-electron chi connectivity index (χ2n) is 6.79. The van der Waals surface area contributed by atoms with Crippen molar-refractivity contribution in [2.75, 3.05) is 9.62 Å². The smallest absolute Gasteiger partial charge is 0.264 e. The quantitative estimate of drug-likeness (QED) is 0.710. The van der Waals surface area contributed by atoms with Gasteiger partial charge in [-0.25, -0.2) is 8.42 Å². The minimum atomic E-state index is -3.83. The van der Waals surface area contributed by atoms with E-state index in [2.05, 4.69) is 5.32 Å². The summed E-state index contributed by atoms with van der Waals surface area (Å²) in [4.78, 5) is 11.7. The Morgan fingerprint density at radius 2 is 1.86 bits per heavy atom. The first-order valence-corrected chi connectivity index (χ1v) is 10.4. The summed E-state index contributed by atoms with van der Waals surface area (Å²) in [5.41, 5.74) is 3.10. The monoisotopic (exact) mass is 396 g/mol. The van der Waals surface area contributed by atoms with E-state index in [1.54, 1.807) is 36.4 Å². The van der Waals surface area contributed by atoms with Crippen LogP contribution >= 0.6 is 0 Å². The molecule has 0 fully saturated rings. The molecule has 4 rings (SSSR count). The van der Waals surface area contributed by atoms with Crippen molar-refractivity contribution in [1.29, 1.82) is 0 Å². The zero-order chi connectivity index (χ0) is 19.7. The molecular formula is C21H20N2O4S. The highest BCUT2D eigenvalue weighted by Gasteiger charge is 2.27. The molecule has 1 aliphatic rings. The zero-order valence-electron chi connectivity index (χ0n) is 15.4. The molecule has 6 nitrogen and oxygen atoms in total. The average Bonchev–Trinajstić information content (AvgIpc) is 3.20. The fourth-order valence-corrected chi connectivity index (χ4v) is 4.70. The molecule has 1 amide bonds. The number of amides is 1. The molecule has 0 aliphatic carbocycles. The highest BCUT2D eigenvalue weighted by atomic mass is 32.2. The van der Waals surface area contributed by atoms with Crippen molar-refractivity contribution >= 4 is 27.3 Å². The lowest BCUT2D eigenvalue weighted by atomic mass is 10.0. The number of hydrogen-bond donors (Lipinski definition) is 1. The summed E-state index contributed by atoms with van der Waals surface area (Å²) in [5.74, 6) is 0.497. The third kappa shape index (κ3) is 3.53. The third-order valence-electron chi connectivity index (χ3n) is 4.76. The summed E-state index contributed by atoms with van der Waals surface area (Å²) in [6.07, 6.45) is 2.40. The molecule has 0 saturated carbocycles. The molecule has 0 radical (unpaired) electrons. The standard InChI is InChI=1S/C21H20N2O4S/c1-15-4-7-17(8-5-15)23(14-18-3-2-12-27-18)28(25,26)19-9-10-20-16(13-19)6-11-21(24)22-20/h2-5,7-10,12-13H,6,11,14H2,1H3,(H,22,24). The van der Waals surface area contributed by atoms with Gasteiger partial charge in [-0.05, 0) is 61.4 Å². The molecule has 2 heterocycles. The molecule has 2 aromatic carbocycles. The molecule has 1 aromatic heterocycles. The van der Waals surface area contributed by atoms with E-state index in [4.69, 9.17) is 4.42 Å². The van der Waals surface area contributed by atoms with Crippen molar-refractivity contribution in [3.8, 4) is 0 Å². The Hall–Kier alpha value is -3.06. The molecule has 0 saturated heterocycles. The van der Waals surface area contributed by atoms with E-state index in [1.165, 1.54) is 16.6 Å². The van der Waals surface area contributed by atoms with Gasteiger partial charge >= 0.3 is 0 Å². The van der Waals surface area contributed by atoms with Crippen molar-refractivity contribution < 1.29 is 17.6 Å². The van der Waals surface area contributed by atoms with Crippen molar-refractivity contribution in [3.63, 3.8) is 0 Å². The van der Waals surface area contributed by atoms with Gasteiger partial charge in [0.2, 0.25) is 5.91 Å². The average molecular weight is 396 g/mol. The largest absolute Gasteiger partial charge is 0.467 e. The summed E-state index contributed by atoms with van der Waals surface area (Å²) in [6, 6.07) is 15.6. The van der Waals surface area contributed by atoms with Crippen LogP contribution in [0.1, 0.15) is 23.3 Å². The van der Waals surface area contributed by atoms with Crippen LogP contribution in [0.3, 0.4) is 0 Å². The number of hydrogen-bond acceptors (Lipinski definition) is 4. The predicted molar refractivity (Wildman–Crippen MR) is 107 cm³/mol. The van der Waals surface area contributed by atoms with Gasteiger partial charge in [-0.1, -0.05) is 17.7 Å². The van der Waals surface area contributed by atoms with Gasteiger partial charge in [0.25, 0.3) is 10.0 Å². The number of rotatable bonds is 5. The highest BCUT2D eigenvalue weighted by Crippen LogP contribution is 2.30. The van der Waals surface area contributed by atoms with E-state index in [1.807, 2.05) is 19.1 Å². The van der Waals surface area contributed by atoms with Crippen LogP contribution in [0.5, 0.6) is 0 Å². The lowest BCUT2D eigenvalue weighted by Crippen LogP contribution is -2.30. The Kier molecular flexibility index (Phi) is 4.68. The zero-order valence-corrected chi connectivity index (χ0v) is 16.2. The maximum absolute atomic E-state index is 13.5. The van der Waals surface area contributed by atoms with Crippen molar-refractivity contribution in [2.24, 2.45) is 0 Å². The van der Waals surface area contributed by atoms with Gasteiger partial charge in [0.05, 0.1) is 23.4 Å². The summed E-state index contributed by atoms with van der Waals surface area (Å²) in [6.45, 7) is 2.04. The highest BCUT2D eigenvalue weighted by molar-refractivity contribution is 7.92. The fourth-order valence-electron chi connectivity index (χ4n) is 3.22. The summed E-state index contributed by atoms with van der Waals surface area (Å²) < 4.78 is 33.7. The Morgan fingerprint density at radius 1 is 1.07 bits per heavy atom. The number of anilines is 2. The molecule has 3 aromatic rings. The first kappa shape index (κ1) is 18.3. The van der Waals surface area contributed by atoms with E-state index >= 15 is 0 Å². The first-order valence-electron chi connectivity index (χ1n) is 8.98. The van der Waals surface area contributed by atoms with E-state index in [-0.39, 0.29) is 17.3 Å². The number of benzene rings is 2. The molecular weight excluding hydrogens is 376 g/mol.